The molecule has 0 unspecified atom stereocenters. The first-order valence-corrected chi connectivity index (χ1v) is 5.57. The van der Waals surface area contributed by atoms with Crippen molar-refractivity contribution < 1.29 is 19.7 Å². The van der Waals surface area contributed by atoms with Gasteiger partial charge in [0.25, 0.3) is 5.56 Å². The Labute approximate surface area is 108 Å². The van der Waals surface area contributed by atoms with Crippen molar-refractivity contribution in [1.29, 1.82) is 0 Å². The maximum absolute atomic E-state index is 11.4. The molecule has 1 rings (SSSR count). The molecule has 0 aliphatic heterocycles. The highest BCUT2D eigenvalue weighted by Gasteiger charge is 2.34. The molecule has 0 saturated carbocycles. The lowest BCUT2D eigenvalue weighted by Gasteiger charge is -2.29. The number of esters is 1. The van der Waals surface area contributed by atoms with Crippen LogP contribution in [0.1, 0.15) is 18.2 Å². The molecule has 0 spiro atoms. The van der Waals surface area contributed by atoms with Crippen LogP contribution in [0.25, 0.3) is 0 Å². The number of hydrogen-bond donors (Lipinski definition) is 4. The Balaban J connectivity index is 3.20. The number of aromatic nitrogens is 2. The van der Waals surface area contributed by atoms with Crippen molar-refractivity contribution in [3.63, 3.8) is 0 Å². The molecule has 0 atom stereocenters. The zero-order chi connectivity index (χ0) is 14.6. The largest absolute Gasteiger partial charge is 0.454 e. The van der Waals surface area contributed by atoms with E-state index in [-0.39, 0.29) is 17.7 Å². The van der Waals surface area contributed by atoms with Crippen LogP contribution in [0.15, 0.2) is 9.59 Å². The molecule has 0 aromatic carbocycles. The third kappa shape index (κ3) is 3.52. The van der Waals surface area contributed by atoms with Crippen LogP contribution in [0, 0.1) is 6.92 Å². The van der Waals surface area contributed by atoms with E-state index in [1.165, 1.54) is 6.92 Å². The van der Waals surface area contributed by atoms with Crippen LogP contribution >= 0.6 is 0 Å². The maximum atomic E-state index is 11.4. The van der Waals surface area contributed by atoms with E-state index in [1.54, 1.807) is 0 Å². The summed E-state index contributed by atoms with van der Waals surface area (Å²) in [5.41, 5.74) is -2.45. The van der Waals surface area contributed by atoms with Crippen molar-refractivity contribution in [2.45, 2.75) is 25.9 Å². The van der Waals surface area contributed by atoms with Gasteiger partial charge in [-0.05, 0) is 6.92 Å². The van der Waals surface area contributed by atoms with Gasteiger partial charge in [0, 0.05) is 24.6 Å². The van der Waals surface area contributed by atoms with Gasteiger partial charge >= 0.3 is 11.7 Å². The van der Waals surface area contributed by atoms with Gasteiger partial charge < -0.3 is 19.9 Å². The molecule has 0 aliphatic rings. The molecule has 0 saturated heterocycles. The van der Waals surface area contributed by atoms with Crippen LogP contribution in [0.4, 0.5) is 0 Å². The smallest absolute Gasteiger partial charge is 0.325 e. The summed E-state index contributed by atoms with van der Waals surface area (Å²) in [5, 5.41) is 18.6. The van der Waals surface area contributed by atoms with Crippen molar-refractivity contribution in [3.8, 4) is 0 Å². The second kappa shape index (κ2) is 5.81. The van der Waals surface area contributed by atoms with E-state index in [2.05, 4.69) is 4.98 Å². The summed E-state index contributed by atoms with van der Waals surface area (Å²) in [6.07, 6.45) is -0.176. The van der Waals surface area contributed by atoms with E-state index in [0.717, 1.165) is 6.92 Å². The van der Waals surface area contributed by atoms with E-state index in [1.807, 2.05) is 4.98 Å². The number of H-pyrrole nitrogens is 2. The highest BCUT2D eigenvalue weighted by molar-refractivity contribution is 5.66. The Kier molecular flexibility index (Phi) is 4.62. The molecule has 1 aromatic heterocycles. The van der Waals surface area contributed by atoms with Gasteiger partial charge in [0.05, 0.1) is 13.2 Å². The van der Waals surface area contributed by atoms with E-state index in [0.29, 0.717) is 0 Å². The second-order valence-corrected chi connectivity index (χ2v) is 4.28. The molecule has 0 radical (unpaired) electrons. The molecule has 1 aromatic rings. The molecule has 0 bridgehead atoms. The Morgan fingerprint density at radius 1 is 1.26 bits per heavy atom. The minimum Gasteiger partial charge on any atom is -0.454 e. The van der Waals surface area contributed by atoms with Gasteiger partial charge in [-0.1, -0.05) is 0 Å². The maximum Gasteiger partial charge on any atom is 0.325 e. The third-order valence-corrected chi connectivity index (χ3v) is 2.72. The first-order chi connectivity index (χ1) is 8.83. The van der Waals surface area contributed by atoms with Crippen LogP contribution in [0.5, 0.6) is 0 Å². The zero-order valence-electron chi connectivity index (χ0n) is 10.6. The van der Waals surface area contributed by atoms with Crippen LogP contribution in [0.2, 0.25) is 0 Å². The molecular formula is C11H16N2O6. The number of aromatic amines is 2. The SMILES string of the molecule is CC(=O)OC(CO)(CO)Cc1[nH]c(=O)[nH]c(=O)c1C. The Morgan fingerprint density at radius 3 is 2.32 bits per heavy atom. The lowest BCUT2D eigenvalue weighted by atomic mass is 9.97. The van der Waals surface area contributed by atoms with Crippen LogP contribution < -0.4 is 11.2 Å². The van der Waals surface area contributed by atoms with E-state index < -0.39 is 36.0 Å². The first-order valence-electron chi connectivity index (χ1n) is 5.57. The topological polar surface area (TPSA) is 132 Å². The van der Waals surface area contributed by atoms with Crippen LogP contribution in [-0.4, -0.2) is 45.0 Å². The Hall–Kier alpha value is -1.93. The Morgan fingerprint density at radius 2 is 1.84 bits per heavy atom. The molecule has 0 fully saturated rings. The fraction of sp³-hybridized carbons (Fsp3) is 0.545. The molecule has 19 heavy (non-hydrogen) atoms. The van der Waals surface area contributed by atoms with Gasteiger partial charge in [-0.2, -0.15) is 0 Å². The predicted octanol–water partition coefficient (Wildman–Crippen LogP) is -1.80. The van der Waals surface area contributed by atoms with Crippen LogP contribution in [-0.2, 0) is 16.0 Å². The van der Waals surface area contributed by atoms with Gasteiger partial charge in [0.15, 0.2) is 5.60 Å². The van der Waals surface area contributed by atoms with Crippen molar-refractivity contribution in [2.75, 3.05) is 13.2 Å². The number of carbonyl (C=O) groups excluding carboxylic acids is 1. The summed E-state index contributed by atoms with van der Waals surface area (Å²) in [7, 11) is 0. The van der Waals surface area contributed by atoms with Crippen molar-refractivity contribution >= 4 is 5.97 Å². The number of aliphatic hydroxyl groups excluding tert-OH is 2. The summed E-state index contributed by atoms with van der Waals surface area (Å²) >= 11 is 0. The van der Waals surface area contributed by atoms with Gasteiger partial charge in [-0.15, -0.1) is 0 Å². The zero-order valence-corrected chi connectivity index (χ0v) is 10.6. The van der Waals surface area contributed by atoms with E-state index in [4.69, 9.17) is 4.74 Å². The van der Waals surface area contributed by atoms with Gasteiger partial charge in [-0.25, -0.2) is 4.79 Å². The van der Waals surface area contributed by atoms with Crippen LogP contribution in [0.3, 0.4) is 0 Å². The minimum atomic E-state index is -1.58. The standard InChI is InChI=1S/C11H16N2O6/c1-6-8(12-10(18)13-9(6)17)3-11(4-14,5-15)19-7(2)16/h14-15H,3-5H2,1-2H3,(H2,12,13,17,18). The molecule has 8 nitrogen and oxygen atoms in total. The first kappa shape index (κ1) is 15.1. The fourth-order valence-corrected chi connectivity index (χ4v) is 1.66. The van der Waals surface area contributed by atoms with Crippen molar-refractivity contribution in [3.05, 3.63) is 32.1 Å². The van der Waals surface area contributed by atoms with E-state index in [9.17, 15) is 24.6 Å². The third-order valence-electron chi connectivity index (χ3n) is 2.72. The molecule has 106 valence electrons. The number of ether oxygens (including phenoxy) is 1. The molecular weight excluding hydrogens is 256 g/mol. The lowest BCUT2D eigenvalue weighted by Crippen LogP contribution is -2.45. The quantitative estimate of drug-likeness (QED) is 0.467. The normalized spacial score (nSPS) is 11.4. The molecule has 1 heterocycles. The average molecular weight is 272 g/mol. The number of carbonyl (C=O) groups is 1. The fourth-order valence-electron chi connectivity index (χ4n) is 1.66. The van der Waals surface area contributed by atoms with Gasteiger partial charge in [-0.3, -0.25) is 14.6 Å². The molecule has 8 heteroatoms. The molecule has 0 amide bonds. The summed E-state index contributed by atoms with van der Waals surface area (Å²) in [6, 6.07) is 0. The van der Waals surface area contributed by atoms with Gasteiger partial charge in [0.2, 0.25) is 0 Å². The summed E-state index contributed by atoms with van der Waals surface area (Å²) in [6.45, 7) is 1.32. The lowest BCUT2D eigenvalue weighted by molar-refractivity contribution is -0.167. The van der Waals surface area contributed by atoms with Crippen molar-refractivity contribution in [2.24, 2.45) is 0 Å². The predicted molar refractivity (Wildman–Crippen MR) is 64.8 cm³/mol. The number of nitrogens with one attached hydrogen (secondary N) is 2. The minimum absolute atomic E-state index is 0.176. The summed E-state index contributed by atoms with van der Waals surface area (Å²) in [4.78, 5) is 38.1. The monoisotopic (exact) mass is 272 g/mol. The number of rotatable bonds is 5. The molecule has 0 aliphatic carbocycles. The number of aliphatic hydroxyl groups is 2. The average Bonchev–Trinajstić information content (AvgIpc) is 2.33. The highest BCUT2D eigenvalue weighted by Crippen LogP contribution is 2.17. The Bertz CT molecular complexity index is 569. The highest BCUT2D eigenvalue weighted by atomic mass is 16.6. The summed E-state index contributed by atoms with van der Waals surface area (Å²) in [5.74, 6) is -0.687. The van der Waals surface area contributed by atoms with E-state index >= 15 is 0 Å². The van der Waals surface area contributed by atoms with Gasteiger partial charge in [0.1, 0.15) is 0 Å². The summed E-state index contributed by atoms with van der Waals surface area (Å²) < 4.78 is 4.90. The number of hydrogen-bond acceptors (Lipinski definition) is 6. The van der Waals surface area contributed by atoms with Crippen molar-refractivity contribution in [1.82, 2.24) is 9.97 Å². The molecule has 4 N–H and O–H groups in total. The second-order valence-electron chi connectivity index (χ2n) is 4.28.